The van der Waals surface area contributed by atoms with E-state index in [1.54, 1.807) is 32.9 Å². The summed E-state index contributed by atoms with van der Waals surface area (Å²) in [6, 6.07) is 7.12. The third-order valence-corrected chi connectivity index (χ3v) is 5.81. The molecule has 0 N–H and O–H groups in total. The molecular weight excluding hydrogens is 272 g/mol. The first kappa shape index (κ1) is 16.9. The molecule has 0 aliphatic carbocycles. The van der Waals surface area contributed by atoms with Crippen LogP contribution >= 0.6 is 0 Å². The maximum atomic E-state index is 12.1. The molecule has 20 heavy (non-hydrogen) atoms. The van der Waals surface area contributed by atoms with Gasteiger partial charge in [-0.1, -0.05) is 19.1 Å². The SMILES string of the molecule is CCC(CCC(C)=O)c1ccc(S(=O)(=O)C(C)C)cc1. The van der Waals surface area contributed by atoms with E-state index in [4.69, 9.17) is 0 Å². The lowest BCUT2D eigenvalue weighted by atomic mass is 9.91. The number of carbonyl (C=O) groups is 1. The zero-order valence-electron chi connectivity index (χ0n) is 12.7. The van der Waals surface area contributed by atoms with E-state index >= 15 is 0 Å². The first-order valence-corrected chi connectivity index (χ1v) is 8.67. The highest BCUT2D eigenvalue weighted by atomic mass is 32.2. The maximum absolute atomic E-state index is 12.1. The van der Waals surface area contributed by atoms with Crippen molar-refractivity contribution in [2.45, 2.75) is 63.0 Å². The Bertz CT molecular complexity index is 542. The van der Waals surface area contributed by atoms with Crippen molar-refractivity contribution in [1.82, 2.24) is 0 Å². The third-order valence-electron chi connectivity index (χ3n) is 3.64. The Morgan fingerprint density at radius 3 is 2.10 bits per heavy atom. The zero-order chi connectivity index (χ0) is 15.3. The molecule has 0 radical (unpaired) electrons. The summed E-state index contributed by atoms with van der Waals surface area (Å²) >= 11 is 0. The number of ketones is 1. The van der Waals surface area contributed by atoms with Gasteiger partial charge in [-0.25, -0.2) is 8.42 Å². The Kier molecular flexibility index (Phi) is 5.93. The van der Waals surface area contributed by atoms with Crippen molar-refractivity contribution in [3.05, 3.63) is 29.8 Å². The van der Waals surface area contributed by atoms with Crippen molar-refractivity contribution in [3.8, 4) is 0 Å². The van der Waals surface area contributed by atoms with Gasteiger partial charge < -0.3 is 4.79 Å². The van der Waals surface area contributed by atoms with E-state index in [9.17, 15) is 13.2 Å². The Labute approximate surface area is 122 Å². The van der Waals surface area contributed by atoms with Crippen LogP contribution in [-0.4, -0.2) is 19.5 Å². The van der Waals surface area contributed by atoms with Crippen molar-refractivity contribution < 1.29 is 13.2 Å². The lowest BCUT2D eigenvalue weighted by Crippen LogP contribution is -2.14. The van der Waals surface area contributed by atoms with Crippen LogP contribution in [-0.2, 0) is 14.6 Å². The van der Waals surface area contributed by atoms with Crippen LogP contribution in [0.2, 0.25) is 0 Å². The summed E-state index contributed by atoms with van der Waals surface area (Å²) in [5, 5.41) is -0.409. The standard InChI is InChI=1S/C16H24O3S/c1-5-14(7-6-13(4)17)15-8-10-16(11-9-15)20(18,19)12(2)3/h8-12,14H,5-7H2,1-4H3. The normalized spacial score (nSPS) is 13.4. The Morgan fingerprint density at radius 1 is 1.15 bits per heavy atom. The summed E-state index contributed by atoms with van der Waals surface area (Å²) in [5.41, 5.74) is 1.11. The molecule has 1 unspecified atom stereocenters. The van der Waals surface area contributed by atoms with Gasteiger partial charge in [0.1, 0.15) is 5.78 Å². The van der Waals surface area contributed by atoms with Crippen molar-refractivity contribution in [1.29, 1.82) is 0 Å². The van der Waals surface area contributed by atoms with Gasteiger partial charge >= 0.3 is 0 Å². The highest BCUT2D eigenvalue weighted by molar-refractivity contribution is 7.92. The molecule has 0 bridgehead atoms. The van der Waals surface area contributed by atoms with Crippen LogP contribution in [0, 0.1) is 0 Å². The zero-order valence-corrected chi connectivity index (χ0v) is 13.5. The maximum Gasteiger partial charge on any atom is 0.180 e. The van der Waals surface area contributed by atoms with E-state index < -0.39 is 15.1 Å². The molecule has 112 valence electrons. The quantitative estimate of drug-likeness (QED) is 0.770. The summed E-state index contributed by atoms with van der Waals surface area (Å²) in [6.07, 6.45) is 2.34. The largest absolute Gasteiger partial charge is 0.300 e. The molecule has 1 rings (SSSR count). The van der Waals surface area contributed by atoms with Gasteiger partial charge in [0, 0.05) is 6.42 Å². The average molecular weight is 296 g/mol. The van der Waals surface area contributed by atoms with Crippen LogP contribution in [0.5, 0.6) is 0 Å². The molecule has 0 saturated heterocycles. The summed E-state index contributed by atoms with van der Waals surface area (Å²) in [5.74, 6) is 0.511. The van der Waals surface area contributed by atoms with Crippen molar-refractivity contribution in [2.75, 3.05) is 0 Å². The Morgan fingerprint density at radius 2 is 1.70 bits per heavy atom. The Hall–Kier alpha value is -1.16. The number of carbonyl (C=O) groups excluding carboxylic acids is 1. The minimum Gasteiger partial charge on any atom is -0.300 e. The molecule has 0 saturated carbocycles. The van der Waals surface area contributed by atoms with Gasteiger partial charge in [-0.3, -0.25) is 0 Å². The molecule has 0 amide bonds. The molecule has 3 nitrogen and oxygen atoms in total. The van der Waals surface area contributed by atoms with Gasteiger partial charge in [-0.15, -0.1) is 0 Å². The number of hydrogen-bond acceptors (Lipinski definition) is 3. The highest BCUT2D eigenvalue weighted by Gasteiger charge is 2.19. The fourth-order valence-electron chi connectivity index (χ4n) is 2.19. The molecular formula is C16H24O3S. The molecule has 1 aromatic carbocycles. The van der Waals surface area contributed by atoms with Gasteiger partial charge in [0.05, 0.1) is 10.1 Å². The predicted octanol–water partition coefficient (Wildman–Crippen LogP) is 3.73. The molecule has 0 aromatic heterocycles. The molecule has 1 atom stereocenters. The monoisotopic (exact) mass is 296 g/mol. The van der Waals surface area contributed by atoms with Crippen LogP contribution < -0.4 is 0 Å². The number of Topliss-reactive ketones (excluding diaryl/α,β-unsaturated/α-hetero) is 1. The van der Waals surface area contributed by atoms with Gasteiger partial charge in [-0.2, -0.15) is 0 Å². The van der Waals surface area contributed by atoms with Crippen LogP contribution in [0.4, 0.5) is 0 Å². The van der Waals surface area contributed by atoms with Crippen LogP contribution in [0.15, 0.2) is 29.2 Å². The smallest absolute Gasteiger partial charge is 0.180 e. The van der Waals surface area contributed by atoms with E-state index in [0.29, 0.717) is 17.2 Å². The van der Waals surface area contributed by atoms with Crippen molar-refractivity contribution >= 4 is 15.6 Å². The number of benzene rings is 1. The fourth-order valence-corrected chi connectivity index (χ4v) is 3.25. The van der Waals surface area contributed by atoms with Gasteiger partial charge in [-0.05, 0) is 57.2 Å². The third kappa shape index (κ3) is 4.17. The second-order valence-corrected chi connectivity index (χ2v) is 8.01. The van der Waals surface area contributed by atoms with E-state index in [2.05, 4.69) is 6.92 Å². The van der Waals surface area contributed by atoms with Crippen LogP contribution in [0.25, 0.3) is 0 Å². The van der Waals surface area contributed by atoms with E-state index in [1.807, 2.05) is 12.1 Å². The molecule has 0 spiro atoms. The number of sulfone groups is 1. The molecule has 0 heterocycles. The second-order valence-electron chi connectivity index (χ2n) is 5.51. The molecule has 1 aromatic rings. The molecule has 0 fully saturated rings. The number of rotatable bonds is 7. The number of hydrogen-bond donors (Lipinski definition) is 0. The van der Waals surface area contributed by atoms with Crippen molar-refractivity contribution in [3.63, 3.8) is 0 Å². The lowest BCUT2D eigenvalue weighted by Gasteiger charge is -2.15. The molecule has 0 aliphatic heterocycles. The summed E-state index contributed by atoms with van der Waals surface area (Å²) in [7, 11) is -3.21. The lowest BCUT2D eigenvalue weighted by molar-refractivity contribution is -0.117. The predicted molar refractivity (Wildman–Crippen MR) is 81.7 cm³/mol. The van der Waals surface area contributed by atoms with E-state index in [-0.39, 0.29) is 5.78 Å². The highest BCUT2D eigenvalue weighted by Crippen LogP contribution is 2.26. The molecule has 4 heteroatoms. The minimum absolute atomic E-state index is 0.197. The van der Waals surface area contributed by atoms with Crippen molar-refractivity contribution in [2.24, 2.45) is 0 Å². The first-order valence-electron chi connectivity index (χ1n) is 7.12. The van der Waals surface area contributed by atoms with Crippen LogP contribution in [0.1, 0.15) is 58.4 Å². The van der Waals surface area contributed by atoms with Gasteiger partial charge in [0.25, 0.3) is 0 Å². The second kappa shape index (κ2) is 7.02. The fraction of sp³-hybridized carbons (Fsp3) is 0.562. The molecule has 0 aliphatic rings. The topological polar surface area (TPSA) is 51.2 Å². The summed E-state index contributed by atoms with van der Waals surface area (Å²) in [6.45, 7) is 7.06. The van der Waals surface area contributed by atoms with Gasteiger partial charge in [0.15, 0.2) is 9.84 Å². The summed E-state index contributed by atoms with van der Waals surface area (Å²) in [4.78, 5) is 11.4. The van der Waals surface area contributed by atoms with E-state index in [1.165, 1.54) is 0 Å². The average Bonchev–Trinajstić information content (AvgIpc) is 2.39. The van der Waals surface area contributed by atoms with Crippen LogP contribution in [0.3, 0.4) is 0 Å². The minimum atomic E-state index is -3.21. The summed E-state index contributed by atoms with van der Waals surface area (Å²) < 4.78 is 24.1. The Balaban J connectivity index is 2.92. The first-order chi connectivity index (χ1) is 9.28. The van der Waals surface area contributed by atoms with E-state index in [0.717, 1.165) is 18.4 Å². The van der Waals surface area contributed by atoms with Gasteiger partial charge in [0.2, 0.25) is 0 Å².